The highest BCUT2D eigenvalue weighted by Crippen LogP contribution is 2.04. The van der Waals surface area contributed by atoms with Crippen molar-refractivity contribution in [2.24, 2.45) is 0 Å². The summed E-state index contributed by atoms with van der Waals surface area (Å²) in [6.07, 6.45) is 3.04. The maximum absolute atomic E-state index is 13.0. The lowest BCUT2D eigenvalue weighted by Gasteiger charge is -2.02. The molecule has 0 N–H and O–H groups in total. The zero-order valence-electron chi connectivity index (χ0n) is 16.3. The molecular weight excluding hydrogens is 386 g/mol. The standard InChI is InChI=1S/C23H21NO4S/c1-3-28-22(26)14-21-24(15-19(25)18-10-5-4-6-11-18)23(27)20(29-21)13-17-9-7-8-16(2)12-17/h4-14H,3,15H2,1-2H3/b20-13-,21-14-. The van der Waals surface area contributed by atoms with Gasteiger partial charge in [-0.15, -0.1) is 11.3 Å². The number of carbonyl (C=O) groups is 2. The number of thiazole rings is 1. The van der Waals surface area contributed by atoms with Crippen molar-refractivity contribution < 1.29 is 14.3 Å². The van der Waals surface area contributed by atoms with E-state index in [4.69, 9.17) is 4.74 Å². The van der Waals surface area contributed by atoms with Crippen molar-refractivity contribution in [3.8, 4) is 0 Å². The number of ether oxygens (including phenoxy) is 1. The van der Waals surface area contributed by atoms with Crippen LogP contribution in [0.25, 0.3) is 12.2 Å². The Morgan fingerprint density at radius 3 is 2.55 bits per heavy atom. The molecule has 0 saturated heterocycles. The molecule has 1 aromatic heterocycles. The predicted octanol–water partition coefficient (Wildman–Crippen LogP) is 2.27. The van der Waals surface area contributed by atoms with Gasteiger partial charge in [-0.2, -0.15) is 0 Å². The van der Waals surface area contributed by atoms with Gasteiger partial charge in [-0.1, -0.05) is 60.2 Å². The van der Waals surface area contributed by atoms with E-state index >= 15 is 0 Å². The van der Waals surface area contributed by atoms with E-state index in [1.54, 1.807) is 37.3 Å². The second-order valence-corrected chi connectivity index (χ2v) is 7.50. The van der Waals surface area contributed by atoms with Crippen LogP contribution in [0.15, 0.2) is 59.4 Å². The molecule has 0 aliphatic rings. The molecule has 3 aromatic rings. The number of aryl methyl sites for hydroxylation is 1. The summed E-state index contributed by atoms with van der Waals surface area (Å²) in [6.45, 7) is 3.77. The number of esters is 1. The SMILES string of the molecule is CCOC(=O)/C=c1\s/c(=C\c2cccc(C)c2)c(=O)n1CC(=O)c1ccccc1. The van der Waals surface area contributed by atoms with Crippen LogP contribution in [0.3, 0.4) is 0 Å². The number of hydrogen-bond acceptors (Lipinski definition) is 5. The summed E-state index contributed by atoms with van der Waals surface area (Å²) >= 11 is 1.16. The largest absolute Gasteiger partial charge is 0.463 e. The Hall–Kier alpha value is -3.25. The molecule has 0 fully saturated rings. The van der Waals surface area contributed by atoms with Crippen LogP contribution in [-0.2, 0) is 16.1 Å². The van der Waals surface area contributed by atoms with Crippen molar-refractivity contribution in [3.05, 3.63) is 90.8 Å². The van der Waals surface area contributed by atoms with E-state index in [1.807, 2.05) is 37.3 Å². The molecule has 0 atom stereocenters. The number of benzene rings is 2. The predicted molar refractivity (Wildman–Crippen MR) is 114 cm³/mol. The third-order valence-corrected chi connectivity index (χ3v) is 5.26. The van der Waals surface area contributed by atoms with Crippen molar-refractivity contribution >= 4 is 35.2 Å². The topological polar surface area (TPSA) is 65.4 Å². The summed E-state index contributed by atoms with van der Waals surface area (Å²) in [6, 6.07) is 16.5. The molecule has 148 valence electrons. The maximum atomic E-state index is 13.0. The van der Waals surface area contributed by atoms with Gasteiger partial charge in [-0.3, -0.25) is 14.2 Å². The van der Waals surface area contributed by atoms with Crippen LogP contribution in [0.2, 0.25) is 0 Å². The van der Waals surface area contributed by atoms with Gasteiger partial charge in [0.05, 0.1) is 23.8 Å². The number of carbonyl (C=O) groups excluding carboxylic acids is 2. The zero-order valence-corrected chi connectivity index (χ0v) is 17.1. The molecule has 0 aliphatic carbocycles. The lowest BCUT2D eigenvalue weighted by atomic mass is 10.1. The second-order valence-electron chi connectivity index (χ2n) is 6.44. The van der Waals surface area contributed by atoms with Crippen molar-refractivity contribution in [1.29, 1.82) is 0 Å². The maximum Gasteiger partial charge on any atom is 0.333 e. The van der Waals surface area contributed by atoms with Gasteiger partial charge in [-0.05, 0) is 25.5 Å². The van der Waals surface area contributed by atoms with Crippen molar-refractivity contribution in [3.63, 3.8) is 0 Å². The minimum Gasteiger partial charge on any atom is -0.463 e. The Balaban J connectivity index is 2.10. The molecule has 0 radical (unpaired) electrons. The summed E-state index contributed by atoms with van der Waals surface area (Å²) < 4.78 is 7.14. The first-order valence-corrected chi connectivity index (χ1v) is 10.0. The number of Topliss-reactive ketones (excluding diaryl/α,β-unsaturated/α-hetero) is 1. The fraction of sp³-hybridized carbons (Fsp3) is 0.174. The fourth-order valence-corrected chi connectivity index (χ4v) is 3.88. The van der Waals surface area contributed by atoms with E-state index in [9.17, 15) is 14.4 Å². The van der Waals surface area contributed by atoms with Gasteiger partial charge < -0.3 is 4.74 Å². The summed E-state index contributed by atoms with van der Waals surface area (Å²) in [4.78, 5) is 37.6. The number of ketones is 1. The van der Waals surface area contributed by atoms with Crippen LogP contribution < -0.4 is 14.8 Å². The third kappa shape index (κ3) is 5.18. The number of nitrogens with zero attached hydrogens (tertiary/aromatic N) is 1. The molecule has 29 heavy (non-hydrogen) atoms. The second kappa shape index (κ2) is 9.30. The molecule has 1 heterocycles. The highest BCUT2D eigenvalue weighted by atomic mass is 32.1. The number of rotatable bonds is 6. The molecule has 0 spiro atoms. The highest BCUT2D eigenvalue weighted by Gasteiger charge is 2.12. The van der Waals surface area contributed by atoms with E-state index in [0.29, 0.717) is 14.8 Å². The summed E-state index contributed by atoms with van der Waals surface area (Å²) in [7, 11) is 0. The summed E-state index contributed by atoms with van der Waals surface area (Å²) in [5.41, 5.74) is 2.16. The first-order valence-electron chi connectivity index (χ1n) is 9.22. The molecule has 0 unspecified atom stereocenters. The Kier molecular flexibility index (Phi) is 6.57. The van der Waals surface area contributed by atoms with Crippen LogP contribution in [-0.4, -0.2) is 22.9 Å². The van der Waals surface area contributed by atoms with Gasteiger partial charge >= 0.3 is 5.97 Å². The van der Waals surface area contributed by atoms with Gasteiger partial charge in [0.15, 0.2) is 5.78 Å². The molecule has 0 bridgehead atoms. The van der Waals surface area contributed by atoms with Crippen molar-refractivity contribution in [2.75, 3.05) is 6.61 Å². The van der Waals surface area contributed by atoms with Crippen molar-refractivity contribution in [2.45, 2.75) is 20.4 Å². The summed E-state index contributed by atoms with van der Waals surface area (Å²) in [5, 5.41) is 0. The highest BCUT2D eigenvalue weighted by molar-refractivity contribution is 7.07. The van der Waals surface area contributed by atoms with Crippen LogP contribution in [0.1, 0.15) is 28.4 Å². The Labute approximate surface area is 172 Å². The molecular formula is C23H21NO4S. The van der Waals surface area contributed by atoms with Gasteiger partial charge in [-0.25, -0.2) is 4.79 Å². The van der Waals surface area contributed by atoms with E-state index < -0.39 is 5.97 Å². The monoisotopic (exact) mass is 407 g/mol. The van der Waals surface area contributed by atoms with Gasteiger partial charge in [0, 0.05) is 5.56 Å². The Morgan fingerprint density at radius 2 is 1.86 bits per heavy atom. The van der Waals surface area contributed by atoms with Crippen molar-refractivity contribution in [1.82, 2.24) is 4.57 Å². The van der Waals surface area contributed by atoms with E-state index in [0.717, 1.165) is 22.5 Å². The lowest BCUT2D eigenvalue weighted by Crippen LogP contribution is -2.34. The minimum absolute atomic E-state index is 0.147. The van der Waals surface area contributed by atoms with E-state index in [-0.39, 0.29) is 24.5 Å². The average molecular weight is 407 g/mol. The Morgan fingerprint density at radius 1 is 1.10 bits per heavy atom. The third-order valence-electron chi connectivity index (χ3n) is 4.20. The molecule has 2 aromatic carbocycles. The fourth-order valence-electron chi connectivity index (χ4n) is 2.85. The average Bonchev–Trinajstić information content (AvgIpc) is 2.97. The molecule has 3 rings (SSSR count). The van der Waals surface area contributed by atoms with E-state index in [1.165, 1.54) is 10.6 Å². The van der Waals surface area contributed by atoms with Crippen LogP contribution in [0, 0.1) is 6.92 Å². The summed E-state index contributed by atoms with van der Waals surface area (Å²) in [5.74, 6) is -0.747. The molecule has 5 nitrogen and oxygen atoms in total. The van der Waals surface area contributed by atoms with E-state index in [2.05, 4.69) is 0 Å². The smallest absolute Gasteiger partial charge is 0.333 e. The first-order chi connectivity index (χ1) is 14.0. The molecule has 0 amide bonds. The first kappa shape index (κ1) is 20.5. The lowest BCUT2D eigenvalue weighted by molar-refractivity contribution is -0.135. The van der Waals surface area contributed by atoms with Crippen LogP contribution in [0.5, 0.6) is 0 Å². The number of aromatic nitrogens is 1. The molecule has 6 heteroatoms. The normalized spacial score (nSPS) is 12.2. The molecule has 0 saturated carbocycles. The van der Waals surface area contributed by atoms with Gasteiger partial charge in [0.1, 0.15) is 4.66 Å². The van der Waals surface area contributed by atoms with Gasteiger partial charge in [0.25, 0.3) is 5.56 Å². The Bertz CT molecular complexity index is 1210. The molecule has 0 aliphatic heterocycles. The van der Waals surface area contributed by atoms with Crippen LogP contribution in [0.4, 0.5) is 0 Å². The van der Waals surface area contributed by atoms with Gasteiger partial charge in [0.2, 0.25) is 0 Å². The minimum atomic E-state index is -0.545. The number of hydrogen-bond donors (Lipinski definition) is 0. The zero-order chi connectivity index (χ0) is 20.8. The van der Waals surface area contributed by atoms with Crippen LogP contribution >= 0.6 is 11.3 Å². The quantitative estimate of drug-likeness (QED) is 0.465.